The molecule has 178 valence electrons. The van der Waals surface area contributed by atoms with E-state index in [4.69, 9.17) is 0 Å². The number of hydrogen-bond donors (Lipinski definition) is 1. The summed E-state index contributed by atoms with van der Waals surface area (Å²) in [4.78, 5) is 25.4. The maximum Gasteiger partial charge on any atom is 1.00 e. The zero-order valence-electron chi connectivity index (χ0n) is 21.0. The third-order valence-electron chi connectivity index (χ3n) is 6.05. The first kappa shape index (κ1) is 29.7. The number of unbranched alkanes of at least 4 members (excludes halogenated alkanes) is 11. The first-order valence-electron chi connectivity index (χ1n) is 12.4. The zero-order chi connectivity index (χ0) is 23.2. The van der Waals surface area contributed by atoms with E-state index in [9.17, 15) is 14.7 Å². The van der Waals surface area contributed by atoms with Crippen LogP contribution < -0.4 is 40.2 Å². The molecule has 2 rings (SSSR count). The Hall–Kier alpha value is -1.37. The molecule has 0 saturated carbocycles. The van der Waals surface area contributed by atoms with Gasteiger partial charge in [0.2, 0.25) is 0 Å². The summed E-state index contributed by atoms with van der Waals surface area (Å²) in [6, 6.07) is 1.92. The molecule has 0 spiro atoms. The van der Waals surface area contributed by atoms with Crippen LogP contribution in [0, 0.1) is 13.8 Å². The quantitative estimate of drug-likeness (QED) is 0.220. The number of allylic oxidation sites excluding steroid dienone is 2. The molecule has 2 heterocycles. The van der Waals surface area contributed by atoms with Crippen LogP contribution in [0.4, 0.5) is 0 Å². The summed E-state index contributed by atoms with van der Waals surface area (Å²) >= 11 is 0. The van der Waals surface area contributed by atoms with E-state index in [1.807, 2.05) is 24.4 Å². The molecule has 0 unspecified atom stereocenters. The Labute approximate surface area is 220 Å². The van der Waals surface area contributed by atoms with Crippen molar-refractivity contribution in [1.82, 2.24) is 14.6 Å². The van der Waals surface area contributed by atoms with Gasteiger partial charge in [-0.25, -0.2) is 4.52 Å². The molecule has 0 fully saturated rings. The molecule has 7 heteroatoms. The van der Waals surface area contributed by atoms with Gasteiger partial charge >= 0.3 is 29.6 Å². The number of carboxylic acids is 1. The summed E-state index contributed by atoms with van der Waals surface area (Å²) in [6.07, 6.45) is 20.5. The van der Waals surface area contributed by atoms with Crippen molar-refractivity contribution in [1.29, 1.82) is 0 Å². The Bertz CT molecular complexity index is 917. The van der Waals surface area contributed by atoms with Crippen LogP contribution in [0.3, 0.4) is 0 Å². The van der Waals surface area contributed by atoms with Gasteiger partial charge in [0.05, 0.1) is 11.4 Å². The van der Waals surface area contributed by atoms with Gasteiger partial charge in [0.25, 0.3) is 5.56 Å². The second kappa shape index (κ2) is 17.1. The minimum atomic E-state index is -0.931. The van der Waals surface area contributed by atoms with Gasteiger partial charge in [-0.15, -0.1) is 0 Å². The molecule has 0 amide bonds. The van der Waals surface area contributed by atoms with E-state index < -0.39 is 5.97 Å². The normalized spacial score (nSPS) is 11.3. The van der Waals surface area contributed by atoms with Gasteiger partial charge in [0.1, 0.15) is 5.65 Å². The van der Waals surface area contributed by atoms with Crippen molar-refractivity contribution >= 4 is 11.6 Å². The van der Waals surface area contributed by atoms with E-state index in [2.05, 4.69) is 22.2 Å². The molecule has 0 saturated heterocycles. The number of fused-ring (bicyclic) bond motifs is 1. The molecular formula is C26H40N3NaO3. The summed E-state index contributed by atoms with van der Waals surface area (Å²) in [7, 11) is 0. The van der Waals surface area contributed by atoms with Crippen LogP contribution in [0.25, 0.3) is 5.65 Å². The SMILES string of the molecule is Cc1cc2[nH]c(=O)c(C)c(CCCCCCCC/C=C\CCCCCCCC(=O)[O-])n2n1.[Na+]. The second-order valence-corrected chi connectivity index (χ2v) is 8.92. The average molecular weight is 466 g/mol. The van der Waals surface area contributed by atoms with Crippen LogP contribution in [-0.2, 0) is 11.2 Å². The Morgan fingerprint density at radius 1 is 0.939 bits per heavy atom. The topological polar surface area (TPSA) is 90.3 Å². The molecule has 0 aliphatic rings. The summed E-state index contributed by atoms with van der Waals surface area (Å²) in [6.45, 7) is 3.84. The summed E-state index contributed by atoms with van der Waals surface area (Å²) in [5.41, 5.74) is 3.53. The Kier molecular flexibility index (Phi) is 15.4. The van der Waals surface area contributed by atoms with E-state index in [0.717, 1.165) is 67.5 Å². The van der Waals surface area contributed by atoms with Crippen molar-refractivity contribution in [3.63, 3.8) is 0 Å². The monoisotopic (exact) mass is 465 g/mol. The maximum absolute atomic E-state index is 12.1. The maximum atomic E-state index is 12.1. The van der Waals surface area contributed by atoms with Gasteiger partial charge in [-0.2, -0.15) is 5.10 Å². The molecule has 0 bridgehead atoms. The molecule has 33 heavy (non-hydrogen) atoms. The van der Waals surface area contributed by atoms with Crippen LogP contribution in [0.1, 0.15) is 107 Å². The number of rotatable bonds is 17. The standard InChI is InChI=1S/C26H41N3O3.Na/c1-21-20-24-27-26(32)22(2)23(29(24)28-21)18-16-14-12-10-8-6-4-3-5-7-9-11-13-15-17-19-25(30)31;/h3,5,20H,4,6-19H2,1-2H3,(H,27,32)(H,30,31);/q;+1/p-1/b5-3-;. The number of H-pyrrole nitrogens is 1. The molecule has 0 aliphatic carbocycles. The van der Waals surface area contributed by atoms with Crippen molar-refractivity contribution in [2.75, 3.05) is 0 Å². The van der Waals surface area contributed by atoms with E-state index in [1.165, 1.54) is 44.9 Å². The van der Waals surface area contributed by atoms with Crippen LogP contribution in [0.2, 0.25) is 0 Å². The van der Waals surface area contributed by atoms with Crippen LogP contribution in [0.15, 0.2) is 23.0 Å². The first-order chi connectivity index (χ1) is 15.5. The number of hydrogen-bond acceptors (Lipinski definition) is 4. The Morgan fingerprint density at radius 2 is 1.48 bits per heavy atom. The number of aromatic nitrogens is 3. The van der Waals surface area contributed by atoms with Gasteiger partial charge < -0.3 is 14.9 Å². The van der Waals surface area contributed by atoms with Crippen molar-refractivity contribution < 1.29 is 39.5 Å². The molecule has 0 radical (unpaired) electrons. The van der Waals surface area contributed by atoms with Crippen molar-refractivity contribution in [2.45, 2.75) is 110 Å². The number of carbonyl (C=O) groups is 1. The molecule has 0 aliphatic heterocycles. The summed E-state index contributed by atoms with van der Waals surface area (Å²) < 4.78 is 1.90. The zero-order valence-corrected chi connectivity index (χ0v) is 23.0. The van der Waals surface area contributed by atoms with Crippen molar-refractivity contribution in [3.05, 3.63) is 45.5 Å². The summed E-state index contributed by atoms with van der Waals surface area (Å²) in [5.74, 6) is -0.931. The number of carbonyl (C=O) groups excluding carboxylic acids is 1. The molecule has 2 aromatic rings. The number of aliphatic carboxylic acids is 1. The van der Waals surface area contributed by atoms with E-state index >= 15 is 0 Å². The fourth-order valence-electron chi connectivity index (χ4n) is 4.15. The first-order valence-corrected chi connectivity index (χ1v) is 12.4. The third kappa shape index (κ3) is 11.5. The molecular weight excluding hydrogens is 425 g/mol. The number of aromatic amines is 1. The number of nitrogens with one attached hydrogen (secondary N) is 1. The fraction of sp³-hybridized carbons (Fsp3) is 0.654. The second-order valence-electron chi connectivity index (χ2n) is 8.92. The van der Waals surface area contributed by atoms with Crippen LogP contribution in [-0.4, -0.2) is 20.6 Å². The fourth-order valence-corrected chi connectivity index (χ4v) is 4.15. The van der Waals surface area contributed by atoms with Gasteiger partial charge in [-0.05, 0) is 65.2 Å². The number of nitrogens with zero attached hydrogens (tertiary/aromatic N) is 2. The number of carboxylic acid groups (broad SMARTS) is 1. The summed E-state index contributed by atoms with van der Waals surface area (Å²) in [5, 5.41) is 14.9. The van der Waals surface area contributed by atoms with Crippen molar-refractivity contribution in [2.24, 2.45) is 0 Å². The predicted molar refractivity (Wildman–Crippen MR) is 128 cm³/mol. The Morgan fingerprint density at radius 3 is 2.09 bits per heavy atom. The van der Waals surface area contributed by atoms with Gasteiger partial charge in [0, 0.05) is 17.6 Å². The van der Waals surface area contributed by atoms with E-state index in [1.54, 1.807) is 0 Å². The van der Waals surface area contributed by atoms with Crippen LogP contribution in [0.5, 0.6) is 0 Å². The molecule has 2 aromatic heterocycles. The Balaban J connectivity index is 0.00000544. The predicted octanol–water partition coefficient (Wildman–Crippen LogP) is 1.95. The minimum absolute atomic E-state index is 0. The minimum Gasteiger partial charge on any atom is -0.550 e. The third-order valence-corrected chi connectivity index (χ3v) is 6.05. The van der Waals surface area contributed by atoms with E-state index in [0.29, 0.717) is 0 Å². The molecule has 6 nitrogen and oxygen atoms in total. The average Bonchev–Trinajstić information content (AvgIpc) is 3.12. The van der Waals surface area contributed by atoms with Gasteiger partial charge in [-0.3, -0.25) is 4.79 Å². The smallest absolute Gasteiger partial charge is 0.550 e. The molecule has 1 N–H and O–H groups in total. The van der Waals surface area contributed by atoms with Crippen molar-refractivity contribution in [3.8, 4) is 0 Å². The van der Waals surface area contributed by atoms with Crippen LogP contribution >= 0.6 is 0 Å². The molecule has 0 atom stereocenters. The van der Waals surface area contributed by atoms with E-state index in [-0.39, 0.29) is 41.5 Å². The van der Waals surface area contributed by atoms with Gasteiger partial charge in [-0.1, -0.05) is 57.1 Å². The van der Waals surface area contributed by atoms with Gasteiger partial charge in [0.15, 0.2) is 0 Å². The number of aryl methyl sites for hydroxylation is 2. The molecule has 0 aromatic carbocycles. The largest absolute Gasteiger partial charge is 1.00 e.